The van der Waals surface area contributed by atoms with E-state index in [9.17, 15) is 13.2 Å². The summed E-state index contributed by atoms with van der Waals surface area (Å²) < 4.78 is 37.7. The number of ether oxygens (including phenoxy) is 1. The number of carbonyl (C=O) groups is 1. The Morgan fingerprint density at radius 1 is 1.29 bits per heavy atom. The summed E-state index contributed by atoms with van der Waals surface area (Å²) in [6.07, 6.45) is 0.673. The van der Waals surface area contributed by atoms with Crippen molar-refractivity contribution in [1.82, 2.24) is 9.46 Å². The molecule has 1 aliphatic heterocycles. The van der Waals surface area contributed by atoms with Gasteiger partial charge in [0, 0.05) is 24.5 Å². The van der Waals surface area contributed by atoms with E-state index in [1.165, 1.54) is 21.3 Å². The maximum Gasteiger partial charge on any atom is 0.339 e. The molecule has 0 aliphatic carbocycles. The summed E-state index contributed by atoms with van der Waals surface area (Å²) in [6.45, 7) is 2.47. The first-order chi connectivity index (χ1) is 13.4. The lowest BCUT2D eigenvalue weighted by atomic mass is 10.0. The van der Waals surface area contributed by atoms with Crippen molar-refractivity contribution in [3.63, 3.8) is 0 Å². The molecule has 9 heteroatoms. The SMILES string of the molecule is Cc1cc(COC(=O)c2csc(S(=O)(=O)N3CCc4ccccc4C3)c2)on1. The van der Waals surface area contributed by atoms with E-state index in [0.717, 1.165) is 16.9 Å². The Kier molecular flexibility index (Phi) is 5.05. The summed E-state index contributed by atoms with van der Waals surface area (Å²) in [6, 6.07) is 10.9. The van der Waals surface area contributed by atoms with Crippen LogP contribution in [0.2, 0.25) is 0 Å². The van der Waals surface area contributed by atoms with Crippen LogP contribution in [-0.2, 0) is 34.3 Å². The van der Waals surface area contributed by atoms with Gasteiger partial charge in [-0.05, 0) is 30.5 Å². The number of hydrogen-bond acceptors (Lipinski definition) is 7. The number of carbonyl (C=O) groups excluding carboxylic acids is 1. The average Bonchev–Trinajstić information content (AvgIpc) is 3.35. The molecule has 0 spiro atoms. The van der Waals surface area contributed by atoms with Crippen LogP contribution in [0.25, 0.3) is 0 Å². The minimum absolute atomic E-state index is 0.0550. The van der Waals surface area contributed by atoms with Crippen molar-refractivity contribution >= 4 is 27.3 Å². The number of sulfonamides is 1. The maximum atomic E-state index is 13.0. The molecule has 0 N–H and O–H groups in total. The molecule has 0 saturated heterocycles. The van der Waals surface area contributed by atoms with Crippen molar-refractivity contribution in [1.29, 1.82) is 0 Å². The zero-order valence-corrected chi connectivity index (χ0v) is 16.8. The first-order valence-electron chi connectivity index (χ1n) is 8.68. The molecule has 4 rings (SSSR count). The van der Waals surface area contributed by atoms with Crippen LogP contribution >= 0.6 is 11.3 Å². The fourth-order valence-electron chi connectivity index (χ4n) is 3.07. The van der Waals surface area contributed by atoms with Crippen molar-refractivity contribution in [2.75, 3.05) is 6.54 Å². The smallest absolute Gasteiger partial charge is 0.339 e. The van der Waals surface area contributed by atoms with Gasteiger partial charge in [0.15, 0.2) is 12.4 Å². The third-order valence-electron chi connectivity index (χ3n) is 4.52. The second kappa shape index (κ2) is 7.50. The molecule has 0 atom stereocenters. The number of thiophene rings is 1. The van der Waals surface area contributed by atoms with E-state index in [1.807, 2.05) is 24.3 Å². The summed E-state index contributed by atoms with van der Waals surface area (Å²) in [5.74, 6) is -0.170. The molecule has 0 bridgehead atoms. The van der Waals surface area contributed by atoms with Gasteiger partial charge in [0.1, 0.15) is 4.21 Å². The van der Waals surface area contributed by atoms with Gasteiger partial charge in [0.25, 0.3) is 10.0 Å². The van der Waals surface area contributed by atoms with Crippen LogP contribution in [0.5, 0.6) is 0 Å². The van der Waals surface area contributed by atoms with Gasteiger partial charge in [-0.2, -0.15) is 4.31 Å². The lowest BCUT2D eigenvalue weighted by Gasteiger charge is -2.27. The molecule has 0 amide bonds. The lowest BCUT2D eigenvalue weighted by molar-refractivity contribution is 0.0438. The second-order valence-corrected chi connectivity index (χ2v) is 9.60. The predicted molar refractivity (Wildman–Crippen MR) is 102 cm³/mol. The molecule has 3 heterocycles. The van der Waals surface area contributed by atoms with Gasteiger partial charge in [-0.15, -0.1) is 11.3 Å². The molecule has 0 saturated carbocycles. The number of hydrogen-bond donors (Lipinski definition) is 0. The topological polar surface area (TPSA) is 89.7 Å². The molecule has 28 heavy (non-hydrogen) atoms. The van der Waals surface area contributed by atoms with Crippen molar-refractivity contribution in [2.45, 2.75) is 30.7 Å². The van der Waals surface area contributed by atoms with E-state index in [4.69, 9.17) is 9.26 Å². The Morgan fingerprint density at radius 3 is 2.82 bits per heavy atom. The monoisotopic (exact) mass is 418 g/mol. The van der Waals surface area contributed by atoms with Gasteiger partial charge in [-0.25, -0.2) is 13.2 Å². The zero-order chi connectivity index (χ0) is 19.7. The van der Waals surface area contributed by atoms with Crippen LogP contribution in [0.1, 0.15) is 32.9 Å². The van der Waals surface area contributed by atoms with Gasteiger partial charge in [-0.1, -0.05) is 29.4 Å². The third kappa shape index (κ3) is 3.73. The van der Waals surface area contributed by atoms with E-state index in [0.29, 0.717) is 31.0 Å². The highest BCUT2D eigenvalue weighted by Gasteiger charge is 2.30. The maximum absolute atomic E-state index is 13.0. The zero-order valence-electron chi connectivity index (χ0n) is 15.1. The fraction of sp³-hybridized carbons (Fsp3) is 0.263. The Labute approximate surface area is 166 Å². The summed E-state index contributed by atoms with van der Waals surface area (Å²) in [4.78, 5) is 12.2. The van der Waals surface area contributed by atoms with E-state index in [1.54, 1.807) is 13.0 Å². The Morgan fingerprint density at radius 2 is 2.07 bits per heavy atom. The first kappa shape index (κ1) is 18.9. The van der Waals surface area contributed by atoms with Crippen LogP contribution < -0.4 is 0 Å². The van der Waals surface area contributed by atoms with E-state index >= 15 is 0 Å². The average molecular weight is 418 g/mol. The van der Waals surface area contributed by atoms with Crippen LogP contribution in [0, 0.1) is 6.92 Å². The van der Waals surface area contributed by atoms with Crippen LogP contribution in [0.3, 0.4) is 0 Å². The van der Waals surface area contributed by atoms with Gasteiger partial charge >= 0.3 is 5.97 Å². The van der Waals surface area contributed by atoms with Crippen LogP contribution in [0.15, 0.2) is 50.5 Å². The van der Waals surface area contributed by atoms with Gasteiger partial charge in [0.2, 0.25) is 0 Å². The minimum Gasteiger partial charge on any atom is -0.454 e. The van der Waals surface area contributed by atoms with Gasteiger partial charge in [-0.3, -0.25) is 0 Å². The van der Waals surface area contributed by atoms with Crippen molar-refractivity contribution in [3.05, 3.63) is 69.9 Å². The highest BCUT2D eigenvalue weighted by atomic mass is 32.2. The van der Waals surface area contributed by atoms with Gasteiger partial charge < -0.3 is 9.26 Å². The van der Waals surface area contributed by atoms with E-state index in [2.05, 4.69) is 5.16 Å². The minimum atomic E-state index is -3.67. The standard InChI is InChI=1S/C19H18N2O5S2/c1-13-8-17(26-20-13)11-25-19(22)16-9-18(27-12-16)28(23,24)21-7-6-14-4-2-3-5-15(14)10-21/h2-5,8-9,12H,6-7,10-11H2,1H3. The molecule has 0 radical (unpaired) electrons. The van der Waals surface area contributed by atoms with E-state index in [-0.39, 0.29) is 16.4 Å². The van der Waals surface area contributed by atoms with Crippen molar-refractivity contribution in [2.24, 2.45) is 0 Å². The highest BCUT2D eigenvalue weighted by Crippen LogP contribution is 2.29. The fourth-order valence-corrected chi connectivity index (χ4v) is 5.79. The van der Waals surface area contributed by atoms with E-state index < -0.39 is 16.0 Å². The summed E-state index contributed by atoms with van der Waals surface area (Å²) in [5.41, 5.74) is 3.08. The Balaban J connectivity index is 1.46. The largest absolute Gasteiger partial charge is 0.454 e. The third-order valence-corrected chi connectivity index (χ3v) is 7.78. The molecule has 1 aliphatic rings. The summed E-state index contributed by atoms with van der Waals surface area (Å²) >= 11 is 1.02. The number of nitrogens with zero attached hydrogens (tertiary/aromatic N) is 2. The summed E-state index contributed by atoms with van der Waals surface area (Å²) in [7, 11) is -3.67. The van der Waals surface area contributed by atoms with Crippen molar-refractivity contribution in [3.8, 4) is 0 Å². The molecular weight excluding hydrogens is 400 g/mol. The normalized spacial score (nSPS) is 14.6. The number of fused-ring (bicyclic) bond motifs is 1. The molecule has 3 aromatic rings. The first-order valence-corrected chi connectivity index (χ1v) is 11.0. The number of rotatable bonds is 5. The Bertz CT molecular complexity index is 1120. The molecule has 7 nitrogen and oxygen atoms in total. The molecular formula is C19H18N2O5S2. The Hall–Kier alpha value is -2.49. The number of aromatic nitrogens is 1. The predicted octanol–water partition coefficient (Wildman–Crippen LogP) is 3.15. The number of benzene rings is 1. The van der Waals surface area contributed by atoms with Gasteiger partial charge in [0.05, 0.1) is 11.3 Å². The van der Waals surface area contributed by atoms with Crippen LogP contribution in [-0.4, -0.2) is 30.4 Å². The molecule has 0 fully saturated rings. The van der Waals surface area contributed by atoms with Crippen LogP contribution in [0.4, 0.5) is 0 Å². The highest BCUT2D eigenvalue weighted by molar-refractivity contribution is 7.91. The van der Waals surface area contributed by atoms with Crippen molar-refractivity contribution < 1.29 is 22.5 Å². The second-order valence-electron chi connectivity index (χ2n) is 6.52. The molecule has 146 valence electrons. The number of esters is 1. The number of aryl methyl sites for hydroxylation is 1. The molecule has 2 aromatic heterocycles. The lowest BCUT2D eigenvalue weighted by Crippen LogP contribution is -2.35. The summed E-state index contributed by atoms with van der Waals surface area (Å²) in [5, 5.41) is 5.22. The molecule has 1 aromatic carbocycles. The quantitative estimate of drug-likeness (QED) is 0.592. The molecule has 0 unspecified atom stereocenters.